The lowest BCUT2D eigenvalue weighted by molar-refractivity contribution is -0.142. The van der Waals surface area contributed by atoms with Gasteiger partial charge in [-0.1, -0.05) is 5.21 Å². The molecule has 176 valence electrons. The normalized spacial score (nSPS) is 34.4. The van der Waals surface area contributed by atoms with E-state index in [9.17, 15) is 19.5 Å². The first-order valence-electron chi connectivity index (χ1n) is 10.9. The van der Waals surface area contributed by atoms with Gasteiger partial charge in [0.25, 0.3) is 0 Å². The Bertz CT molecular complexity index is 876. The Kier molecular flexibility index (Phi) is 6.45. The van der Waals surface area contributed by atoms with Crippen molar-refractivity contribution in [3.63, 3.8) is 0 Å². The smallest absolute Gasteiger partial charge is 0.243 e. The summed E-state index contributed by atoms with van der Waals surface area (Å²) in [7, 11) is 3.42. The maximum Gasteiger partial charge on any atom is 0.243 e. The number of hydrogen-bond donors (Lipinski definition) is 3. The van der Waals surface area contributed by atoms with E-state index < -0.39 is 24.2 Å². The van der Waals surface area contributed by atoms with Crippen molar-refractivity contribution >= 4 is 17.7 Å². The van der Waals surface area contributed by atoms with Crippen LogP contribution >= 0.6 is 0 Å². The van der Waals surface area contributed by atoms with Gasteiger partial charge >= 0.3 is 0 Å². The maximum atomic E-state index is 13.5. The second-order valence-corrected chi connectivity index (χ2v) is 9.04. The Labute approximate surface area is 186 Å². The van der Waals surface area contributed by atoms with E-state index in [0.717, 1.165) is 0 Å². The van der Waals surface area contributed by atoms with Crippen molar-refractivity contribution in [2.24, 2.45) is 0 Å². The number of rotatable bonds is 3. The van der Waals surface area contributed by atoms with Crippen LogP contribution in [0.2, 0.25) is 0 Å². The second kappa shape index (κ2) is 9.12. The van der Waals surface area contributed by atoms with E-state index in [2.05, 4.69) is 20.9 Å². The molecule has 3 aliphatic rings. The molecule has 0 radical (unpaired) electrons. The zero-order valence-corrected chi connectivity index (χ0v) is 18.6. The summed E-state index contributed by atoms with van der Waals surface area (Å²) in [4.78, 5) is 42.5. The molecular weight excluding hydrogens is 418 g/mol. The number of aliphatic hydroxyl groups is 1. The number of nitrogens with zero attached hydrogens (tertiary/aromatic N) is 5. The second-order valence-electron chi connectivity index (χ2n) is 9.04. The zero-order chi connectivity index (χ0) is 23.0. The molecule has 1 aromatic heterocycles. The molecule has 3 amide bonds. The Morgan fingerprint density at radius 1 is 1.19 bits per heavy atom. The minimum Gasteiger partial charge on any atom is -0.390 e. The van der Waals surface area contributed by atoms with Crippen molar-refractivity contribution < 1.29 is 24.2 Å². The largest absolute Gasteiger partial charge is 0.390 e. The predicted molar refractivity (Wildman–Crippen MR) is 111 cm³/mol. The van der Waals surface area contributed by atoms with E-state index in [0.29, 0.717) is 38.2 Å². The molecule has 1 aromatic rings. The van der Waals surface area contributed by atoms with Gasteiger partial charge in [0, 0.05) is 32.7 Å². The van der Waals surface area contributed by atoms with Gasteiger partial charge in [-0.15, -0.1) is 5.10 Å². The van der Waals surface area contributed by atoms with Crippen LogP contribution in [0.4, 0.5) is 0 Å². The average molecular weight is 450 g/mol. The fourth-order valence-corrected chi connectivity index (χ4v) is 4.86. The standard InChI is InChI=1S/C20H31N7O5/c1-11-17(28)6-18(29)22-12-4-16(25(2)7-12)20(31)26-9-14(5-15(26)19(30)21-11)27-8-13(10-32-3)23-24-27/h8,11-12,14-17,28H,4-7,9-10H2,1-3H3,(H,21,30)(H,22,29)/t11-,12-,14-,15-,16-,17-/m0/s1. The van der Waals surface area contributed by atoms with Crippen LogP contribution in [0.25, 0.3) is 0 Å². The van der Waals surface area contributed by atoms with E-state index in [-0.39, 0.29) is 36.2 Å². The fourth-order valence-electron chi connectivity index (χ4n) is 4.86. The first-order chi connectivity index (χ1) is 15.3. The Balaban J connectivity index is 1.61. The Morgan fingerprint density at radius 2 is 1.97 bits per heavy atom. The van der Waals surface area contributed by atoms with Crippen molar-refractivity contribution in [2.75, 3.05) is 27.2 Å². The minimum absolute atomic E-state index is 0.113. The van der Waals surface area contributed by atoms with Crippen molar-refractivity contribution in [1.82, 2.24) is 35.4 Å². The van der Waals surface area contributed by atoms with Gasteiger partial charge in [0.15, 0.2) is 0 Å². The van der Waals surface area contributed by atoms with Crippen molar-refractivity contribution in [2.45, 2.75) is 69.1 Å². The van der Waals surface area contributed by atoms with Gasteiger partial charge in [-0.3, -0.25) is 19.3 Å². The van der Waals surface area contributed by atoms with Gasteiger partial charge in [-0.2, -0.15) is 0 Å². The van der Waals surface area contributed by atoms with Crippen LogP contribution in [0.15, 0.2) is 6.20 Å². The number of nitrogens with one attached hydrogen (secondary N) is 2. The van der Waals surface area contributed by atoms with Gasteiger partial charge < -0.3 is 25.4 Å². The van der Waals surface area contributed by atoms with Gasteiger partial charge in [-0.25, -0.2) is 4.68 Å². The summed E-state index contributed by atoms with van der Waals surface area (Å²) in [5.74, 6) is -0.777. The maximum absolute atomic E-state index is 13.5. The monoisotopic (exact) mass is 449 g/mol. The number of carbonyl (C=O) groups is 3. The number of carbonyl (C=O) groups excluding carboxylic acids is 3. The van der Waals surface area contributed by atoms with Crippen LogP contribution in [0.5, 0.6) is 0 Å². The summed E-state index contributed by atoms with van der Waals surface area (Å²) in [6.45, 7) is 2.84. The van der Waals surface area contributed by atoms with Crippen LogP contribution in [-0.2, 0) is 25.7 Å². The lowest BCUT2D eigenvalue weighted by Crippen LogP contribution is -2.54. The number of aliphatic hydroxyl groups excluding tert-OH is 1. The number of methoxy groups -OCH3 is 1. The molecule has 12 heteroatoms. The number of hydrogen-bond acceptors (Lipinski definition) is 8. The van der Waals surface area contributed by atoms with Crippen LogP contribution in [0, 0.1) is 0 Å². The van der Waals surface area contributed by atoms with Gasteiger partial charge in [0.1, 0.15) is 11.7 Å². The summed E-state index contributed by atoms with van der Waals surface area (Å²) >= 11 is 0. The quantitative estimate of drug-likeness (QED) is 0.482. The molecule has 3 N–H and O–H groups in total. The molecule has 4 heterocycles. The third-order valence-electron chi connectivity index (χ3n) is 6.63. The molecule has 0 aromatic carbocycles. The number of likely N-dealkylation sites (tertiary alicyclic amines) is 1. The van der Waals surface area contributed by atoms with Gasteiger partial charge in [-0.05, 0) is 20.4 Å². The van der Waals surface area contributed by atoms with Crippen LogP contribution in [0.3, 0.4) is 0 Å². The van der Waals surface area contributed by atoms with Crippen molar-refractivity contribution in [3.05, 3.63) is 11.9 Å². The minimum atomic E-state index is -1.03. The molecule has 0 unspecified atom stereocenters. The molecule has 3 aliphatic heterocycles. The molecule has 2 bridgehead atoms. The number of ether oxygens (including phenoxy) is 1. The highest BCUT2D eigenvalue weighted by Crippen LogP contribution is 2.30. The highest BCUT2D eigenvalue weighted by molar-refractivity contribution is 5.91. The molecule has 0 aliphatic carbocycles. The summed E-state index contributed by atoms with van der Waals surface area (Å²) < 4.78 is 6.78. The van der Waals surface area contributed by atoms with Gasteiger partial charge in [0.05, 0.1) is 43.5 Å². The lowest BCUT2D eigenvalue weighted by Gasteiger charge is -2.30. The van der Waals surface area contributed by atoms with E-state index in [1.54, 1.807) is 29.8 Å². The molecule has 0 saturated carbocycles. The summed E-state index contributed by atoms with van der Waals surface area (Å²) in [6, 6.07) is -2.16. The van der Waals surface area contributed by atoms with E-state index in [1.807, 2.05) is 11.9 Å². The zero-order valence-electron chi connectivity index (χ0n) is 18.6. The summed E-state index contributed by atoms with van der Waals surface area (Å²) in [5.41, 5.74) is 0.672. The Morgan fingerprint density at radius 3 is 2.72 bits per heavy atom. The molecular formula is C20H31N7O5. The van der Waals surface area contributed by atoms with E-state index in [4.69, 9.17) is 4.74 Å². The summed E-state index contributed by atoms with van der Waals surface area (Å²) in [5, 5.41) is 24.4. The van der Waals surface area contributed by atoms with Gasteiger partial charge in [0.2, 0.25) is 17.7 Å². The SMILES string of the molecule is COCc1cn([C@H]2C[C@H]3C(=O)N[C@@H](C)[C@@H](O)CC(=O)N[C@H]4C[C@@H](C(=O)N3C2)N(C)C4)nn1. The topological polar surface area (TPSA) is 142 Å². The molecule has 3 saturated heterocycles. The number of fused-ring (bicyclic) bond motifs is 3. The van der Waals surface area contributed by atoms with Crippen molar-refractivity contribution in [3.8, 4) is 0 Å². The molecule has 4 rings (SSSR count). The number of amides is 3. The van der Waals surface area contributed by atoms with E-state index >= 15 is 0 Å². The number of aromatic nitrogens is 3. The average Bonchev–Trinajstić information content (AvgIpc) is 3.45. The summed E-state index contributed by atoms with van der Waals surface area (Å²) in [6.07, 6.45) is 1.48. The highest BCUT2D eigenvalue weighted by Gasteiger charge is 2.46. The molecule has 3 fully saturated rings. The van der Waals surface area contributed by atoms with Crippen LogP contribution in [0.1, 0.15) is 37.9 Å². The number of likely N-dealkylation sites (N-methyl/N-ethyl adjacent to an activating group) is 1. The third-order valence-corrected chi connectivity index (χ3v) is 6.63. The van der Waals surface area contributed by atoms with E-state index in [1.165, 1.54) is 0 Å². The molecule has 6 atom stereocenters. The predicted octanol–water partition coefficient (Wildman–Crippen LogP) is -1.98. The van der Waals surface area contributed by atoms with Crippen LogP contribution in [-0.4, -0.2) is 105 Å². The molecule has 12 nitrogen and oxygen atoms in total. The van der Waals surface area contributed by atoms with Crippen molar-refractivity contribution in [1.29, 1.82) is 0 Å². The lowest BCUT2D eigenvalue weighted by atomic mass is 10.1. The fraction of sp³-hybridized carbons (Fsp3) is 0.750. The first-order valence-corrected chi connectivity index (χ1v) is 10.9. The van der Waals surface area contributed by atoms with Crippen LogP contribution < -0.4 is 10.6 Å². The first kappa shape index (κ1) is 22.6. The highest BCUT2D eigenvalue weighted by atomic mass is 16.5. The third kappa shape index (κ3) is 4.48. The molecule has 0 spiro atoms. The molecule has 32 heavy (non-hydrogen) atoms. The Hall–Kier alpha value is -2.57.